The van der Waals surface area contributed by atoms with Crippen LogP contribution >= 0.6 is 63.7 Å². The summed E-state index contributed by atoms with van der Waals surface area (Å²) in [5, 5.41) is 0. The molecule has 0 heterocycles. The maximum atomic E-state index is 5.51. The maximum absolute atomic E-state index is 5.51. The van der Waals surface area contributed by atoms with Gasteiger partial charge in [-0.25, -0.2) is 0 Å². The zero-order valence-corrected chi connectivity index (χ0v) is 17.0. The first kappa shape index (κ1) is 16.5. The van der Waals surface area contributed by atoms with E-state index in [1.54, 1.807) is 0 Å². The Labute approximate surface area is 152 Å². The number of hydrogen-bond donors (Lipinski definition) is 0. The Kier molecular flexibility index (Phi) is 6.14. The smallest absolute Gasteiger partial charge is 0.120 e. The van der Waals surface area contributed by atoms with Gasteiger partial charge in [0, 0.05) is 13.4 Å². The van der Waals surface area contributed by atoms with E-state index in [4.69, 9.17) is 4.74 Å². The monoisotopic (exact) mass is 524 g/mol. The van der Waals surface area contributed by atoms with Gasteiger partial charge in [0.1, 0.15) is 5.75 Å². The molecule has 20 heavy (non-hydrogen) atoms. The highest BCUT2D eigenvalue weighted by molar-refractivity contribution is 9.11. The topological polar surface area (TPSA) is 9.23 Å². The Morgan fingerprint density at radius 3 is 2.10 bits per heavy atom. The number of halogens is 4. The van der Waals surface area contributed by atoms with E-state index in [0.717, 1.165) is 24.7 Å². The fourth-order valence-electron chi connectivity index (χ4n) is 1.84. The summed E-state index contributed by atoms with van der Waals surface area (Å²) in [6.07, 6.45) is 0. The molecule has 2 aromatic rings. The van der Waals surface area contributed by atoms with E-state index in [9.17, 15) is 0 Å². The number of rotatable bonds is 4. The number of ether oxygens (including phenoxy) is 1. The van der Waals surface area contributed by atoms with Gasteiger partial charge in [0.2, 0.25) is 0 Å². The average molecular weight is 528 g/mol. The summed E-state index contributed by atoms with van der Waals surface area (Å²) in [4.78, 5) is 0.107. The van der Waals surface area contributed by atoms with E-state index < -0.39 is 0 Å². The molecule has 0 bridgehead atoms. The van der Waals surface area contributed by atoms with E-state index in [1.807, 2.05) is 31.2 Å². The van der Waals surface area contributed by atoms with Crippen LogP contribution in [0, 0.1) is 0 Å². The molecule has 0 aliphatic carbocycles. The van der Waals surface area contributed by atoms with E-state index in [1.165, 1.54) is 5.56 Å². The zero-order valence-electron chi connectivity index (χ0n) is 10.7. The van der Waals surface area contributed by atoms with E-state index in [0.29, 0.717) is 6.61 Å². The largest absolute Gasteiger partial charge is 0.494 e. The van der Waals surface area contributed by atoms with Crippen LogP contribution in [0.5, 0.6) is 5.75 Å². The van der Waals surface area contributed by atoms with Crippen LogP contribution in [0.1, 0.15) is 22.9 Å². The molecule has 0 N–H and O–H groups in total. The second kappa shape index (κ2) is 7.43. The van der Waals surface area contributed by atoms with Crippen LogP contribution in [0.25, 0.3) is 0 Å². The first-order valence-corrected chi connectivity index (χ1v) is 9.33. The zero-order chi connectivity index (χ0) is 14.7. The van der Waals surface area contributed by atoms with Gasteiger partial charge in [0.25, 0.3) is 0 Å². The van der Waals surface area contributed by atoms with E-state index in [2.05, 4.69) is 75.9 Å². The summed E-state index contributed by atoms with van der Waals surface area (Å²) in [7, 11) is 0. The lowest BCUT2D eigenvalue weighted by Crippen LogP contribution is -1.97. The van der Waals surface area contributed by atoms with Crippen molar-refractivity contribution in [3.8, 4) is 5.75 Å². The van der Waals surface area contributed by atoms with Crippen molar-refractivity contribution in [1.29, 1.82) is 0 Å². The summed E-state index contributed by atoms with van der Waals surface area (Å²) in [5.74, 6) is 0.873. The minimum absolute atomic E-state index is 0.107. The van der Waals surface area contributed by atoms with Gasteiger partial charge in [-0.3, -0.25) is 0 Å². The molecular weight excluding hydrogens is 516 g/mol. The minimum Gasteiger partial charge on any atom is -0.494 e. The molecule has 1 atom stereocenters. The Bertz CT molecular complexity index is 613. The first-order valence-electron chi connectivity index (χ1n) is 6.04. The van der Waals surface area contributed by atoms with Gasteiger partial charge in [-0.15, -0.1) is 0 Å². The van der Waals surface area contributed by atoms with Crippen LogP contribution in [-0.4, -0.2) is 6.61 Å². The Morgan fingerprint density at radius 1 is 0.950 bits per heavy atom. The van der Waals surface area contributed by atoms with Crippen molar-refractivity contribution in [3.05, 3.63) is 60.9 Å². The Hall–Kier alpha value is 0.160. The highest BCUT2D eigenvalue weighted by atomic mass is 79.9. The second-order valence-corrected chi connectivity index (χ2v) is 7.68. The lowest BCUT2D eigenvalue weighted by molar-refractivity contribution is 0.340. The minimum atomic E-state index is 0.107. The van der Waals surface area contributed by atoms with Gasteiger partial charge in [-0.2, -0.15) is 0 Å². The van der Waals surface area contributed by atoms with Crippen molar-refractivity contribution in [2.24, 2.45) is 0 Å². The van der Waals surface area contributed by atoms with Crippen LogP contribution in [0.4, 0.5) is 0 Å². The quantitative estimate of drug-likeness (QED) is 0.395. The summed E-state index contributed by atoms with van der Waals surface area (Å²) in [5.41, 5.74) is 2.34. The molecule has 0 radical (unpaired) electrons. The van der Waals surface area contributed by atoms with Gasteiger partial charge >= 0.3 is 0 Å². The maximum Gasteiger partial charge on any atom is 0.120 e. The van der Waals surface area contributed by atoms with Crippen molar-refractivity contribution in [3.63, 3.8) is 0 Å². The van der Waals surface area contributed by atoms with Crippen molar-refractivity contribution in [2.45, 2.75) is 11.8 Å². The third-order valence-electron chi connectivity index (χ3n) is 2.79. The SMILES string of the molecule is CCOc1ccc(C(Br)c2ccc(Br)cc2Br)c(Br)c1. The summed E-state index contributed by atoms with van der Waals surface area (Å²) in [6.45, 7) is 2.65. The van der Waals surface area contributed by atoms with Gasteiger partial charge in [0.05, 0.1) is 11.4 Å². The molecule has 0 saturated heterocycles. The molecule has 0 fully saturated rings. The molecule has 1 nitrogen and oxygen atoms in total. The van der Waals surface area contributed by atoms with Crippen LogP contribution < -0.4 is 4.74 Å². The molecule has 1 unspecified atom stereocenters. The van der Waals surface area contributed by atoms with Crippen molar-refractivity contribution < 1.29 is 4.74 Å². The Morgan fingerprint density at radius 2 is 1.55 bits per heavy atom. The fraction of sp³-hybridized carbons (Fsp3) is 0.200. The molecule has 0 aliphatic rings. The molecule has 2 rings (SSSR count). The van der Waals surface area contributed by atoms with Crippen LogP contribution in [0.15, 0.2) is 49.8 Å². The molecular formula is C15H12Br4O. The third kappa shape index (κ3) is 3.87. The lowest BCUT2D eigenvalue weighted by atomic mass is 10.0. The number of alkyl halides is 1. The molecule has 5 heteroatoms. The van der Waals surface area contributed by atoms with Gasteiger partial charge in [-0.05, 0) is 42.3 Å². The van der Waals surface area contributed by atoms with Crippen LogP contribution in [0.3, 0.4) is 0 Å². The highest BCUT2D eigenvalue weighted by Crippen LogP contribution is 2.40. The number of hydrogen-bond acceptors (Lipinski definition) is 1. The summed E-state index contributed by atoms with van der Waals surface area (Å²) in [6, 6.07) is 12.2. The molecule has 0 saturated carbocycles. The predicted octanol–water partition coefficient (Wildman–Crippen LogP) is 6.86. The standard InChI is InChI=1S/C15H12Br4O/c1-2-20-10-4-6-12(14(18)8-10)15(19)11-5-3-9(16)7-13(11)17/h3-8,15H,2H2,1H3. The summed E-state index contributed by atoms with van der Waals surface area (Å²) >= 11 is 14.5. The predicted molar refractivity (Wildman–Crippen MR) is 97.9 cm³/mol. The number of benzene rings is 2. The van der Waals surface area contributed by atoms with E-state index >= 15 is 0 Å². The van der Waals surface area contributed by atoms with Gasteiger partial charge in [0.15, 0.2) is 0 Å². The summed E-state index contributed by atoms with van der Waals surface area (Å²) < 4.78 is 8.65. The van der Waals surface area contributed by atoms with Crippen molar-refractivity contribution in [2.75, 3.05) is 6.61 Å². The van der Waals surface area contributed by atoms with Crippen molar-refractivity contribution >= 4 is 63.7 Å². The van der Waals surface area contributed by atoms with Crippen LogP contribution in [0.2, 0.25) is 0 Å². The molecule has 0 aromatic heterocycles. The normalized spacial score (nSPS) is 12.2. The van der Waals surface area contributed by atoms with Gasteiger partial charge < -0.3 is 4.74 Å². The third-order valence-corrected chi connectivity index (χ3v) is 5.64. The first-order chi connectivity index (χ1) is 9.52. The average Bonchev–Trinajstić information content (AvgIpc) is 2.38. The molecule has 0 amide bonds. The van der Waals surface area contributed by atoms with Gasteiger partial charge in [-0.1, -0.05) is 75.9 Å². The second-order valence-electron chi connectivity index (χ2n) is 4.14. The Balaban J connectivity index is 2.35. The van der Waals surface area contributed by atoms with Crippen molar-refractivity contribution in [1.82, 2.24) is 0 Å². The molecule has 2 aromatic carbocycles. The molecule has 0 aliphatic heterocycles. The van der Waals surface area contributed by atoms with Crippen LogP contribution in [-0.2, 0) is 0 Å². The van der Waals surface area contributed by atoms with E-state index in [-0.39, 0.29) is 4.83 Å². The molecule has 0 spiro atoms. The fourth-order valence-corrected chi connectivity index (χ4v) is 5.12. The highest BCUT2D eigenvalue weighted by Gasteiger charge is 2.16. The lowest BCUT2D eigenvalue weighted by Gasteiger charge is -2.16. The molecule has 106 valence electrons.